The Morgan fingerprint density at radius 2 is 2.06 bits per heavy atom. The van der Waals surface area contributed by atoms with E-state index in [9.17, 15) is 0 Å². The Hall–Kier alpha value is -0.430. The number of hydrazine groups is 1. The average Bonchev–Trinajstić information content (AvgIpc) is 2.69. The van der Waals surface area contributed by atoms with Gasteiger partial charge < -0.3 is 0 Å². The Labute approximate surface area is 119 Å². The molecule has 0 saturated carbocycles. The van der Waals surface area contributed by atoms with Crippen molar-refractivity contribution in [3.8, 4) is 0 Å². The quantitative estimate of drug-likeness (QED) is 0.501. The smallest absolute Gasteiger partial charge is 0.0721 e. The Morgan fingerprint density at radius 1 is 1.29 bits per heavy atom. The highest BCUT2D eigenvalue weighted by Crippen LogP contribution is 2.28. The van der Waals surface area contributed by atoms with Gasteiger partial charge in [0.05, 0.1) is 8.93 Å². The number of rotatable bonds is 3. The highest BCUT2D eigenvalue weighted by molar-refractivity contribution is 14.1. The zero-order chi connectivity index (χ0) is 12.4. The number of hydrogen-bond acceptors (Lipinski definition) is 3. The van der Waals surface area contributed by atoms with E-state index < -0.39 is 0 Å². The predicted octanol–water partition coefficient (Wildman–Crippen LogP) is 3.52. The van der Waals surface area contributed by atoms with Crippen molar-refractivity contribution >= 4 is 33.9 Å². The van der Waals surface area contributed by atoms with Crippen LogP contribution in [0.4, 0.5) is 0 Å². The molecule has 1 aromatic carbocycles. The van der Waals surface area contributed by atoms with Gasteiger partial charge in [0.15, 0.2) is 0 Å². The van der Waals surface area contributed by atoms with E-state index >= 15 is 0 Å². The predicted molar refractivity (Wildman–Crippen MR) is 82.1 cm³/mol. The molecule has 0 bridgehead atoms. The molecule has 0 saturated heterocycles. The molecule has 0 aliphatic heterocycles. The normalized spacial score (nSPS) is 12.7. The van der Waals surface area contributed by atoms with E-state index in [1.165, 1.54) is 25.1 Å². The van der Waals surface area contributed by atoms with Gasteiger partial charge >= 0.3 is 0 Å². The van der Waals surface area contributed by atoms with Gasteiger partial charge in [-0.2, -0.15) is 0 Å². The summed E-state index contributed by atoms with van der Waals surface area (Å²) in [4.78, 5) is 0. The monoisotopic (exact) mass is 358 g/mol. The van der Waals surface area contributed by atoms with Crippen LogP contribution < -0.4 is 11.3 Å². The molecule has 1 unspecified atom stereocenters. The summed E-state index contributed by atoms with van der Waals surface area (Å²) in [5, 5.41) is 2.16. The fourth-order valence-electron chi connectivity index (χ4n) is 1.99. The first-order valence-corrected chi connectivity index (χ1v) is 7.35. The summed E-state index contributed by atoms with van der Waals surface area (Å²) in [6, 6.07) is 8.73. The molecule has 2 nitrogen and oxygen atoms in total. The summed E-state index contributed by atoms with van der Waals surface area (Å²) >= 11 is 4.08. The second-order valence-corrected chi connectivity index (χ2v) is 6.95. The van der Waals surface area contributed by atoms with Crippen molar-refractivity contribution in [2.45, 2.75) is 19.9 Å². The second kappa shape index (κ2) is 5.48. The summed E-state index contributed by atoms with van der Waals surface area (Å²) < 4.78 is 1.28. The van der Waals surface area contributed by atoms with Crippen LogP contribution in [0.2, 0.25) is 0 Å². The molecular formula is C13H15IN2S. The lowest BCUT2D eigenvalue weighted by atomic mass is 9.96. The van der Waals surface area contributed by atoms with Gasteiger partial charge in [0, 0.05) is 0 Å². The van der Waals surface area contributed by atoms with E-state index in [0.717, 1.165) is 0 Å². The van der Waals surface area contributed by atoms with Crippen LogP contribution in [0.1, 0.15) is 28.3 Å². The number of benzene rings is 1. The lowest BCUT2D eigenvalue weighted by Gasteiger charge is -2.18. The average molecular weight is 358 g/mol. The minimum absolute atomic E-state index is 0.0790. The highest BCUT2D eigenvalue weighted by Gasteiger charge is 2.15. The molecule has 90 valence electrons. The molecule has 17 heavy (non-hydrogen) atoms. The van der Waals surface area contributed by atoms with E-state index in [1.807, 2.05) is 0 Å². The minimum Gasteiger partial charge on any atom is -0.271 e. The van der Waals surface area contributed by atoms with Crippen molar-refractivity contribution in [2.75, 3.05) is 0 Å². The fourth-order valence-corrected chi connectivity index (χ4v) is 3.39. The molecule has 1 heterocycles. The van der Waals surface area contributed by atoms with Crippen LogP contribution in [-0.4, -0.2) is 0 Å². The molecule has 2 aromatic rings. The lowest BCUT2D eigenvalue weighted by Crippen LogP contribution is -2.29. The van der Waals surface area contributed by atoms with Gasteiger partial charge in [-0.15, -0.1) is 11.3 Å². The third kappa shape index (κ3) is 2.88. The maximum atomic E-state index is 5.71. The number of halogens is 1. The summed E-state index contributed by atoms with van der Waals surface area (Å²) in [5.74, 6) is 5.71. The molecule has 1 atom stereocenters. The summed E-state index contributed by atoms with van der Waals surface area (Å²) in [6.07, 6.45) is 0. The Balaban J connectivity index is 2.42. The third-order valence-electron chi connectivity index (χ3n) is 2.82. The van der Waals surface area contributed by atoms with E-state index in [-0.39, 0.29) is 6.04 Å². The van der Waals surface area contributed by atoms with Crippen molar-refractivity contribution in [1.29, 1.82) is 0 Å². The van der Waals surface area contributed by atoms with E-state index in [0.29, 0.717) is 0 Å². The number of hydrogen-bond donors (Lipinski definition) is 2. The Kier molecular flexibility index (Phi) is 4.19. The van der Waals surface area contributed by atoms with Crippen molar-refractivity contribution in [3.05, 3.63) is 54.8 Å². The SMILES string of the molecule is Cc1ccc(C(NN)c2csc(I)c2)c(C)c1. The molecule has 4 heteroatoms. The second-order valence-electron chi connectivity index (χ2n) is 4.14. The highest BCUT2D eigenvalue weighted by atomic mass is 127. The fraction of sp³-hybridized carbons (Fsp3) is 0.231. The van der Waals surface area contributed by atoms with Gasteiger partial charge in [-0.3, -0.25) is 5.84 Å². The first kappa shape index (κ1) is 13.0. The maximum absolute atomic E-state index is 5.71. The summed E-state index contributed by atoms with van der Waals surface area (Å²) in [7, 11) is 0. The summed E-state index contributed by atoms with van der Waals surface area (Å²) in [6.45, 7) is 4.24. The van der Waals surface area contributed by atoms with Gasteiger partial charge in [-0.25, -0.2) is 5.43 Å². The van der Waals surface area contributed by atoms with Gasteiger partial charge in [0.1, 0.15) is 0 Å². The van der Waals surface area contributed by atoms with E-state index in [2.05, 4.69) is 71.5 Å². The third-order valence-corrected chi connectivity index (χ3v) is 4.63. The van der Waals surface area contributed by atoms with Crippen LogP contribution in [0, 0.1) is 16.7 Å². The van der Waals surface area contributed by atoms with E-state index in [4.69, 9.17) is 5.84 Å². The maximum Gasteiger partial charge on any atom is 0.0721 e. The first-order valence-electron chi connectivity index (χ1n) is 5.39. The molecule has 0 amide bonds. The van der Waals surface area contributed by atoms with Crippen molar-refractivity contribution in [2.24, 2.45) is 5.84 Å². The number of thiophene rings is 1. The van der Waals surface area contributed by atoms with Gasteiger partial charge in [0.25, 0.3) is 0 Å². The number of aryl methyl sites for hydroxylation is 2. The molecule has 2 rings (SSSR count). The number of nitrogens with two attached hydrogens (primary N) is 1. The standard InChI is InChI=1S/C13H15IN2S/c1-8-3-4-11(9(2)5-8)13(16-15)10-6-12(14)17-7-10/h3-7,13,16H,15H2,1-2H3. The zero-order valence-electron chi connectivity index (χ0n) is 9.83. The molecule has 0 spiro atoms. The summed E-state index contributed by atoms with van der Waals surface area (Å²) in [5.41, 5.74) is 7.94. The molecule has 0 fully saturated rings. The van der Waals surface area contributed by atoms with E-state index in [1.54, 1.807) is 11.3 Å². The molecule has 0 aliphatic rings. The minimum atomic E-state index is 0.0790. The van der Waals surface area contributed by atoms with Crippen LogP contribution in [0.3, 0.4) is 0 Å². The first-order chi connectivity index (χ1) is 8.11. The van der Waals surface area contributed by atoms with Crippen LogP contribution in [0.5, 0.6) is 0 Å². The van der Waals surface area contributed by atoms with Crippen molar-refractivity contribution in [1.82, 2.24) is 5.43 Å². The van der Waals surface area contributed by atoms with Crippen molar-refractivity contribution < 1.29 is 0 Å². The topological polar surface area (TPSA) is 38.0 Å². The molecule has 0 aliphatic carbocycles. The van der Waals surface area contributed by atoms with Gasteiger partial charge in [0.2, 0.25) is 0 Å². The van der Waals surface area contributed by atoms with Crippen molar-refractivity contribution in [3.63, 3.8) is 0 Å². The Bertz CT molecular complexity index is 522. The van der Waals surface area contributed by atoms with Crippen LogP contribution in [0.25, 0.3) is 0 Å². The van der Waals surface area contributed by atoms with Gasteiger partial charge in [-0.05, 0) is 64.6 Å². The van der Waals surface area contributed by atoms with Crippen LogP contribution >= 0.6 is 33.9 Å². The molecule has 0 radical (unpaired) electrons. The van der Waals surface area contributed by atoms with Crippen LogP contribution in [-0.2, 0) is 0 Å². The molecule has 1 aromatic heterocycles. The molecule has 3 N–H and O–H groups in total. The van der Waals surface area contributed by atoms with Crippen LogP contribution in [0.15, 0.2) is 29.6 Å². The molecular weight excluding hydrogens is 343 g/mol. The number of nitrogens with one attached hydrogen (secondary N) is 1. The Morgan fingerprint density at radius 3 is 2.59 bits per heavy atom. The van der Waals surface area contributed by atoms with Gasteiger partial charge in [-0.1, -0.05) is 23.8 Å². The largest absolute Gasteiger partial charge is 0.271 e. The zero-order valence-corrected chi connectivity index (χ0v) is 12.8. The lowest BCUT2D eigenvalue weighted by molar-refractivity contribution is 0.635.